The van der Waals surface area contributed by atoms with Crippen molar-refractivity contribution in [2.75, 3.05) is 26.2 Å². The first-order chi connectivity index (χ1) is 8.79. The molecule has 106 valence electrons. The molecule has 0 aromatic rings. The Morgan fingerprint density at radius 3 is 2.67 bits per heavy atom. The Hall–Kier alpha value is -0.0800. The lowest BCUT2D eigenvalue weighted by molar-refractivity contribution is 0.0849. The van der Waals surface area contributed by atoms with Crippen molar-refractivity contribution in [3.05, 3.63) is 0 Å². The largest absolute Gasteiger partial charge is 0.330 e. The molecule has 18 heavy (non-hydrogen) atoms. The number of hydrogen-bond donors (Lipinski definition) is 1. The van der Waals surface area contributed by atoms with Crippen LogP contribution in [0, 0.1) is 17.8 Å². The minimum atomic E-state index is 0.821. The zero-order valence-corrected chi connectivity index (χ0v) is 12.2. The summed E-state index contributed by atoms with van der Waals surface area (Å²) in [6.07, 6.45) is 11.4. The molecule has 0 aromatic heterocycles. The van der Waals surface area contributed by atoms with Gasteiger partial charge in [-0.25, -0.2) is 0 Å². The van der Waals surface area contributed by atoms with E-state index in [1.807, 2.05) is 0 Å². The number of piperidine rings is 1. The molecular weight excluding hydrogens is 220 g/mol. The van der Waals surface area contributed by atoms with Gasteiger partial charge in [0.2, 0.25) is 0 Å². The van der Waals surface area contributed by atoms with Crippen molar-refractivity contribution in [1.29, 1.82) is 0 Å². The molecule has 1 saturated carbocycles. The second-order valence-corrected chi connectivity index (χ2v) is 6.72. The van der Waals surface area contributed by atoms with Crippen molar-refractivity contribution in [3.63, 3.8) is 0 Å². The van der Waals surface area contributed by atoms with Crippen molar-refractivity contribution in [3.8, 4) is 0 Å². The first-order valence-electron chi connectivity index (χ1n) is 8.22. The van der Waals surface area contributed by atoms with E-state index >= 15 is 0 Å². The molecule has 2 rings (SSSR count). The molecule has 0 amide bonds. The lowest BCUT2D eigenvalue weighted by atomic mass is 9.75. The Morgan fingerprint density at radius 2 is 1.89 bits per heavy atom. The first-order valence-corrected chi connectivity index (χ1v) is 8.22. The summed E-state index contributed by atoms with van der Waals surface area (Å²) in [4.78, 5) is 2.74. The molecule has 1 aliphatic carbocycles. The van der Waals surface area contributed by atoms with Crippen LogP contribution >= 0.6 is 0 Å². The van der Waals surface area contributed by atoms with Gasteiger partial charge in [0, 0.05) is 6.54 Å². The number of rotatable bonds is 6. The molecule has 2 heteroatoms. The Labute approximate surface area is 113 Å². The third-order valence-electron chi connectivity index (χ3n) is 5.21. The zero-order chi connectivity index (χ0) is 12.8. The van der Waals surface area contributed by atoms with Crippen LogP contribution in [0.25, 0.3) is 0 Å². The summed E-state index contributed by atoms with van der Waals surface area (Å²) < 4.78 is 0. The fourth-order valence-electron chi connectivity index (χ4n) is 3.97. The van der Waals surface area contributed by atoms with Crippen LogP contribution in [0.2, 0.25) is 0 Å². The van der Waals surface area contributed by atoms with E-state index in [4.69, 9.17) is 5.73 Å². The molecule has 2 nitrogen and oxygen atoms in total. The van der Waals surface area contributed by atoms with Gasteiger partial charge in [-0.3, -0.25) is 0 Å². The highest BCUT2D eigenvalue weighted by Crippen LogP contribution is 2.36. The van der Waals surface area contributed by atoms with E-state index in [1.54, 1.807) is 0 Å². The number of nitrogens with two attached hydrogens (primary N) is 1. The standard InChI is InChI=1S/C16H32N2/c1-14(8-10-17)5-4-11-18-12-9-15-6-2-3-7-16(15)13-18/h14-16H,2-13,17H2,1H3. The third kappa shape index (κ3) is 4.24. The van der Waals surface area contributed by atoms with Gasteiger partial charge >= 0.3 is 0 Å². The zero-order valence-electron chi connectivity index (χ0n) is 12.2. The van der Waals surface area contributed by atoms with Crippen molar-refractivity contribution in [2.45, 2.75) is 58.3 Å². The fraction of sp³-hybridized carbons (Fsp3) is 1.00. The Morgan fingerprint density at radius 1 is 1.11 bits per heavy atom. The predicted molar refractivity (Wildman–Crippen MR) is 78.6 cm³/mol. The lowest BCUT2D eigenvalue weighted by Gasteiger charge is -2.41. The monoisotopic (exact) mass is 252 g/mol. The predicted octanol–water partition coefficient (Wildman–Crippen LogP) is 3.26. The minimum Gasteiger partial charge on any atom is -0.330 e. The summed E-state index contributed by atoms with van der Waals surface area (Å²) in [5.74, 6) is 2.93. The Kier molecular flexibility index (Phi) is 5.97. The van der Waals surface area contributed by atoms with Crippen molar-refractivity contribution < 1.29 is 0 Å². The van der Waals surface area contributed by atoms with Crippen LogP contribution in [0.1, 0.15) is 58.3 Å². The number of fused-ring (bicyclic) bond motifs is 1. The normalized spacial score (nSPS) is 31.0. The van der Waals surface area contributed by atoms with Gasteiger partial charge < -0.3 is 10.6 Å². The third-order valence-corrected chi connectivity index (χ3v) is 5.21. The van der Waals surface area contributed by atoms with Gasteiger partial charge in [-0.1, -0.05) is 26.2 Å². The molecular formula is C16H32N2. The van der Waals surface area contributed by atoms with Crippen LogP contribution in [-0.2, 0) is 0 Å². The highest BCUT2D eigenvalue weighted by atomic mass is 15.1. The first kappa shape index (κ1) is 14.3. The van der Waals surface area contributed by atoms with E-state index in [0.29, 0.717) is 0 Å². The average Bonchev–Trinajstić information content (AvgIpc) is 2.39. The summed E-state index contributed by atoms with van der Waals surface area (Å²) in [6, 6.07) is 0. The molecule has 3 unspecified atom stereocenters. The van der Waals surface area contributed by atoms with Crippen molar-refractivity contribution in [2.24, 2.45) is 23.5 Å². The highest BCUT2D eigenvalue weighted by molar-refractivity contribution is 4.83. The van der Waals surface area contributed by atoms with E-state index in [9.17, 15) is 0 Å². The molecule has 2 fully saturated rings. The molecule has 0 aromatic carbocycles. The Balaban J connectivity index is 1.62. The van der Waals surface area contributed by atoms with Gasteiger partial charge in [0.05, 0.1) is 0 Å². The van der Waals surface area contributed by atoms with Crippen molar-refractivity contribution in [1.82, 2.24) is 4.90 Å². The maximum absolute atomic E-state index is 5.61. The SMILES string of the molecule is CC(CCN)CCCN1CCC2CCCCC2C1. The van der Waals surface area contributed by atoms with Gasteiger partial charge in [0.1, 0.15) is 0 Å². The summed E-state index contributed by atoms with van der Waals surface area (Å²) >= 11 is 0. The molecule has 0 spiro atoms. The topological polar surface area (TPSA) is 29.3 Å². The van der Waals surface area contributed by atoms with Crippen molar-refractivity contribution >= 4 is 0 Å². The van der Waals surface area contributed by atoms with Crippen LogP contribution in [-0.4, -0.2) is 31.1 Å². The molecule has 2 aliphatic rings. The van der Waals surface area contributed by atoms with Crippen LogP contribution < -0.4 is 5.73 Å². The molecule has 1 saturated heterocycles. The van der Waals surface area contributed by atoms with E-state index < -0.39 is 0 Å². The van der Waals surface area contributed by atoms with Gasteiger partial charge in [-0.15, -0.1) is 0 Å². The molecule has 1 heterocycles. The number of nitrogens with zero attached hydrogens (tertiary/aromatic N) is 1. The van der Waals surface area contributed by atoms with Crippen LogP contribution in [0.15, 0.2) is 0 Å². The maximum Gasteiger partial charge on any atom is 0.00123 e. The second-order valence-electron chi connectivity index (χ2n) is 6.72. The molecule has 3 atom stereocenters. The lowest BCUT2D eigenvalue weighted by Crippen LogP contribution is -2.42. The fourth-order valence-corrected chi connectivity index (χ4v) is 3.97. The van der Waals surface area contributed by atoms with Gasteiger partial charge in [-0.2, -0.15) is 0 Å². The second kappa shape index (κ2) is 7.49. The maximum atomic E-state index is 5.61. The highest BCUT2D eigenvalue weighted by Gasteiger charge is 2.30. The quantitative estimate of drug-likeness (QED) is 0.786. The molecule has 0 radical (unpaired) electrons. The summed E-state index contributed by atoms with van der Waals surface area (Å²) in [5, 5.41) is 0. The number of hydrogen-bond acceptors (Lipinski definition) is 2. The Bertz CT molecular complexity index is 229. The molecule has 0 bridgehead atoms. The van der Waals surface area contributed by atoms with E-state index in [0.717, 1.165) is 24.3 Å². The van der Waals surface area contributed by atoms with Crippen LogP contribution in [0.4, 0.5) is 0 Å². The van der Waals surface area contributed by atoms with Crippen LogP contribution in [0.5, 0.6) is 0 Å². The summed E-state index contributed by atoms with van der Waals surface area (Å²) in [5.41, 5.74) is 5.61. The summed E-state index contributed by atoms with van der Waals surface area (Å²) in [7, 11) is 0. The smallest absolute Gasteiger partial charge is 0.00123 e. The van der Waals surface area contributed by atoms with E-state index in [2.05, 4.69) is 11.8 Å². The van der Waals surface area contributed by atoms with Gasteiger partial charge in [0.25, 0.3) is 0 Å². The van der Waals surface area contributed by atoms with Gasteiger partial charge in [0.15, 0.2) is 0 Å². The average molecular weight is 252 g/mol. The van der Waals surface area contributed by atoms with Crippen LogP contribution in [0.3, 0.4) is 0 Å². The minimum absolute atomic E-state index is 0.821. The molecule has 1 aliphatic heterocycles. The summed E-state index contributed by atoms with van der Waals surface area (Å²) in [6.45, 7) is 7.30. The van der Waals surface area contributed by atoms with E-state index in [1.165, 1.54) is 71.0 Å². The molecule has 2 N–H and O–H groups in total. The van der Waals surface area contributed by atoms with E-state index in [-0.39, 0.29) is 0 Å². The number of likely N-dealkylation sites (tertiary alicyclic amines) is 1. The van der Waals surface area contributed by atoms with Gasteiger partial charge in [-0.05, 0) is 69.5 Å².